The molecule has 2 aromatic rings. The molecule has 1 aliphatic heterocycles. The number of halogens is 2. The second kappa shape index (κ2) is 10.9. The van der Waals surface area contributed by atoms with Crippen LogP contribution in [0.3, 0.4) is 0 Å². The van der Waals surface area contributed by atoms with Crippen LogP contribution in [-0.2, 0) is 17.6 Å². The van der Waals surface area contributed by atoms with Crippen LogP contribution in [0.4, 0.5) is 4.39 Å². The Bertz CT molecular complexity index is 1050. The molecule has 0 radical (unpaired) electrons. The second-order valence-electron chi connectivity index (χ2n) is 11.5. The summed E-state index contributed by atoms with van der Waals surface area (Å²) in [7, 11) is 0. The summed E-state index contributed by atoms with van der Waals surface area (Å²) in [5, 5.41) is 17.4. The lowest BCUT2D eigenvalue weighted by atomic mass is 9.84. The highest BCUT2D eigenvalue weighted by Crippen LogP contribution is 2.40. The van der Waals surface area contributed by atoms with E-state index in [0.717, 1.165) is 29.7 Å². The summed E-state index contributed by atoms with van der Waals surface area (Å²) in [5.41, 5.74) is 2.87. The number of carbonyl (C=O) groups excluding carboxylic acids is 1. The van der Waals surface area contributed by atoms with Crippen LogP contribution < -0.4 is 15.4 Å². The molecule has 0 saturated carbocycles. The van der Waals surface area contributed by atoms with E-state index in [1.54, 1.807) is 6.07 Å². The van der Waals surface area contributed by atoms with Crippen molar-refractivity contribution in [1.82, 2.24) is 10.6 Å². The second-order valence-corrected chi connectivity index (χ2v) is 11.9. The fraction of sp³-hybridized carbons (Fsp3) is 0.536. The highest BCUT2D eigenvalue weighted by atomic mass is 35.5. The summed E-state index contributed by atoms with van der Waals surface area (Å²) in [6.07, 6.45) is 1.15. The Morgan fingerprint density at radius 2 is 1.91 bits per heavy atom. The van der Waals surface area contributed by atoms with Crippen molar-refractivity contribution < 1.29 is 19.0 Å². The maximum atomic E-state index is 13.6. The Hall–Kier alpha value is -2.15. The molecule has 1 amide bonds. The minimum Gasteiger partial charge on any atom is -0.487 e. The number of benzene rings is 2. The monoisotopic (exact) mass is 504 g/mol. The number of hydrogen-bond donors (Lipinski definition) is 3. The van der Waals surface area contributed by atoms with E-state index in [9.17, 15) is 14.3 Å². The number of carbonyl (C=O) groups is 1. The van der Waals surface area contributed by atoms with Crippen LogP contribution in [0, 0.1) is 11.2 Å². The highest BCUT2D eigenvalue weighted by molar-refractivity contribution is 6.30. The zero-order valence-corrected chi connectivity index (χ0v) is 22.3. The third-order valence-electron chi connectivity index (χ3n) is 6.13. The first kappa shape index (κ1) is 27.4. The van der Waals surface area contributed by atoms with Crippen molar-refractivity contribution in [3.8, 4) is 5.75 Å². The zero-order valence-electron chi connectivity index (χ0n) is 21.5. The molecule has 1 aliphatic rings. The summed E-state index contributed by atoms with van der Waals surface area (Å²) in [6.45, 7) is 12.4. The topological polar surface area (TPSA) is 70.6 Å². The summed E-state index contributed by atoms with van der Waals surface area (Å²) in [6, 6.07) is 10.2. The average molecular weight is 505 g/mol. The SMILES string of the molecule is CC(=O)N[C@@H](Cc1ccc(F)c(Cl)c1)[C@H](O)CN[C@H]1CC(C)(C)Oc2ccc(CC(C)(C)C)cc21. The van der Waals surface area contributed by atoms with Gasteiger partial charge in [-0.2, -0.15) is 0 Å². The molecule has 0 spiro atoms. The van der Waals surface area contributed by atoms with Gasteiger partial charge in [0.15, 0.2) is 0 Å². The first-order chi connectivity index (χ1) is 16.2. The Labute approximate surface area is 213 Å². The minimum absolute atomic E-state index is 0.0124. The number of aliphatic hydroxyl groups is 1. The van der Waals surface area contributed by atoms with E-state index >= 15 is 0 Å². The molecule has 0 saturated heterocycles. The fourth-order valence-corrected chi connectivity index (χ4v) is 4.88. The van der Waals surface area contributed by atoms with Gasteiger partial charge < -0.3 is 20.5 Å². The van der Waals surface area contributed by atoms with Gasteiger partial charge in [0.2, 0.25) is 5.91 Å². The van der Waals surface area contributed by atoms with Crippen molar-refractivity contribution in [1.29, 1.82) is 0 Å². The lowest BCUT2D eigenvalue weighted by molar-refractivity contribution is -0.120. The Balaban J connectivity index is 1.77. The van der Waals surface area contributed by atoms with Crippen LogP contribution in [-0.4, -0.2) is 35.3 Å². The largest absolute Gasteiger partial charge is 0.487 e. The first-order valence-corrected chi connectivity index (χ1v) is 12.5. The van der Waals surface area contributed by atoms with Crippen LogP contribution in [0.1, 0.15) is 70.7 Å². The normalized spacial score (nSPS) is 18.8. The lowest BCUT2D eigenvalue weighted by Crippen LogP contribution is -2.49. The standard InChI is InChI=1S/C28H38ClFN2O3/c1-17(33)32-23(13-18-7-9-22(30)21(29)12-18)25(34)16-31-24-15-28(5,6)35-26-10-8-19(11-20(24)26)14-27(2,3)4/h7-12,23-25,31,34H,13-16H2,1-6H3,(H,32,33)/t23-,24-,25+/m0/s1. The first-order valence-electron chi connectivity index (χ1n) is 12.2. The fourth-order valence-electron chi connectivity index (χ4n) is 4.68. The van der Waals surface area contributed by atoms with Crippen LogP contribution in [0.15, 0.2) is 36.4 Å². The van der Waals surface area contributed by atoms with Crippen LogP contribution in [0.25, 0.3) is 0 Å². The summed E-state index contributed by atoms with van der Waals surface area (Å²) in [5.74, 6) is 0.109. The molecule has 2 aromatic carbocycles. The van der Waals surface area contributed by atoms with Gasteiger partial charge in [0.1, 0.15) is 17.2 Å². The molecule has 192 valence electrons. The third kappa shape index (κ3) is 7.92. The number of ether oxygens (including phenoxy) is 1. The van der Waals surface area contributed by atoms with Gasteiger partial charge >= 0.3 is 0 Å². The van der Waals surface area contributed by atoms with Crippen molar-refractivity contribution in [2.24, 2.45) is 5.41 Å². The van der Waals surface area contributed by atoms with Crippen molar-refractivity contribution in [3.63, 3.8) is 0 Å². The molecule has 3 N–H and O–H groups in total. The molecule has 0 aromatic heterocycles. The number of amides is 1. The van der Waals surface area contributed by atoms with E-state index < -0.39 is 18.0 Å². The number of aliphatic hydroxyl groups excluding tert-OH is 1. The van der Waals surface area contributed by atoms with Crippen molar-refractivity contribution in [2.75, 3.05) is 6.54 Å². The van der Waals surface area contributed by atoms with Crippen molar-refractivity contribution in [2.45, 2.75) is 84.6 Å². The van der Waals surface area contributed by atoms with Crippen LogP contribution >= 0.6 is 11.6 Å². The number of rotatable bonds is 8. The molecular formula is C28H38ClFN2O3. The average Bonchev–Trinajstić information content (AvgIpc) is 2.72. The quantitative estimate of drug-likeness (QED) is 0.452. The van der Waals surface area contributed by atoms with Gasteiger partial charge in [-0.3, -0.25) is 4.79 Å². The maximum absolute atomic E-state index is 13.6. The van der Waals surface area contributed by atoms with Gasteiger partial charge in [0, 0.05) is 31.5 Å². The van der Waals surface area contributed by atoms with Gasteiger partial charge in [0.05, 0.1) is 17.2 Å². The predicted molar refractivity (Wildman–Crippen MR) is 138 cm³/mol. The molecule has 0 aliphatic carbocycles. The molecule has 0 bridgehead atoms. The molecule has 35 heavy (non-hydrogen) atoms. The van der Waals surface area contributed by atoms with E-state index in [4.69, 9.17) is 16.3 Å². The van der Waals surface area contributed by atoms with E-state index in [1.165, 1.54) is 24.6 Å². The molecule has 7 heteroatoms. The third-order valence-corrected chi connectivity index (χ3v) is 6.42. The Morgan fingerprint density at radius 3 is 2.54 bits per heavy atom. The smallest absolute Gasteiger partial charge is 0.217 e. The molecule has 5 nitrogen and oxygen atoms in total. The van der Waals surface area contributed by atoms with E-state index in [0.29, 0.717) is 6.42 Å². The van der Waals surface area contributed by atoms with Gasteiger partial charge in [-0.15, -0.1) is 0 Å². The van der Waals surface area contributed by atoms with Gasteiger partial charge in [-0.1, -0.05) is 50.6 Å². The molecule has 3 rings (SSSR count). The minimum atomic E-state index is -0.866. The number of hydrogen-bond acceptors (Lipinski definition) is 4. The number of nitrogens with one attached hydrogen (secondary N) is 2. The molecule has 3 atom stereocenters. The van der Waals surface area contributed by atoms with Gasteiger partial charge in [-0.05, 0) is 61.4 Å². The van der Waals surface area contributed by atoms with Crippen LogP contribution in [0.5, 0.6) is 5.75 Å². The highest BCUT2D eigenvalue weighted by Gasteiger charge is 2.34. The van der Waals surface area contributed by atoms with Gasteiger partial charge in [-0.25, -0.2) is 4.39 Å². The molecule has 0 fully saturated rings. The summed E-state index contributed by atoms with van der Waals surface area (Å²) in [4.78, 5) is 11.8. The Kier molecular flexibility index (Phi) is 8.51. The van der Waals surface area contributed by atoms with E-state index in [-0.39, 0.29) is 34.5 Å². The Morgan fingerprint density at radius 1 is 1.23 bits per heavy atom. The predicted octanol–water partition coefficient (Wildman–Crippen LogP) is 5.37. The van der Waals surface area contributed by atoms with Crippen molar-refractivity contribution in [3.05, 3.63) is 63.9 Å². The summed E-state index contributed by atoms with van der Waals surface area (Å²) < 4.78 is 19.8. The maximum Gasteiger partial charge on any atom is 0.217 e. The van der Waals surface area contributed by atoms with E-state index in [2.05, 4.69) is 57.4 Å². The summed E-state index contributed by atoms with van der Waals surface area (Å²) >= 11 is 5.92. The van der Waals surface area contributed by atoms with Crippen LogP contribution in [0.2, 0.25) is 5.02 Å². The zero-order chi connectivity index (χ0) is 26.0. The van der Waals surface area contributed by atoms with Gasteiger partial charge in [0.25, 0.3) is 0 Å². The molecule has 0 unspecified atom stereocenters. The number of fused-ring (bicyclic) bond motifs is 1. The van der Waals surface area contributed by atoms with E-state index in [1.807, 2.05) is 6.07 Å². The molecule has 1 heterocycles. The lowest BCUT2D eigenvalue weighted by Gasteiger charge is -2.39. The molecular weight excluding hydrogens is 467 g/mol. The van der Waals surface area contributed by atoms with Crippen molar-refractivity contribution >= 4 is 17.5 Å².